The zero-order valence-corrected chi connectivity index (χ0v) is 13.3. The van der Waals surface area contributed by atoms with E-state index in [1.165, 1.54) is 35.5 Å². The summed E-state index contributed by atoms with van der Waals surface area (Å²) in [6.07, 6.45) is 28.5. The standard InChI is InChI=1S/C20H16.2Li/c1-3-7-19-15(5-1)9-11-17(19)13-14-18-12-10-16-6-2-4-8-20(16)18;;/h1-12H,13-14H2;;/q;2*+1. The molecular formula is C20H16Li2+2. The molecule has 0 nitrogen and oxygen atoms in total. The average molecular weight is 270 g/mol. The summed E-state index contributed by atoms with van der Waals surface area (Å²) in [5, 5.41) is 0. The third-order valence-corrected chi connectivity index (χ3v) is 4.21. The molecule has 10 radical (unpaired) electrons. The Morgan fingerprint density at radius 1 is 0.500 bits per heavy atom. The van der Waals surface area contributed by atoms with Crippen molar-refractivity contribution < 1.29 is 37.7 Å². The molecule has 0 unspecified atom stereocenters. The number of hydrogen-bond donors (Lipinski definition) is 0. The number of fused-ring (bicyclic) bond motifs is 2. The van der Waals surface area contributed by atoms with Crippen LogP contribution in [-0.4, -0.2) is 0 Å². The van der Waals surface area contributed by atoms with Crippen molar-refractivity contribution in [3.05, 3.63) is 110 Å². The summed E-state index contributed by atoms with van der Waals surface area (Å²) in [5.41, 5.74) is 0. The predicted octanol–water partition coefficient (Wildman–Crippen LogP) is -1.68. The minimum Gasteiger partial charge on any atom is -0.0762 e. The van der Waals surface area contributed by atoms with Crippen molar-refractivity contribution in [3.8, 4) is 0 Å². The van der Waals surface area contributed by atoms with E-state index in [0.717, 1.165) is 12.8 Å². The molecule has 0 saturated heterocycles. The quantitative estimate of drug-likeness (QED) is 0.537. The van der Waals surface area contributed by atoms with Gasteiger partial charge in [0.1, 0.15) is 0 Å². The summed E-state index contributed by atoms with van der Waals surface area (Å²) in [4.78, 5) is 0. The summed E-state index contributed by atoms with van der Waals surface area (Å²) in [6.45, 7) is 0. The molecule has 22 heavy (non-hydrogen) atoms. The zero-order chi connectivity index (χ0) is 13.4. The molecule has 0 bridgehead atoms. The van der Waals surface area contributed by atoms with Crippen LogP contribution in [0.25, 0.3) is 0 Å². The van der Waals surface area contributed by atoms with Crippen molar-refractivity contribution in [2.45, 2.75) is 12.8 Å². The van der Waals surface area contributed by atoms with E-state index in [1.54, 1.807) is 0 Å². The topological polar surface area (TPSA) is 0 Å². The molecule has 0 amide bonds. The molecule has 96 valence electrons. The third-order valence-electron chi connectivity index (χ3n) is 4.21. The first kappa shape index (κ1) is 18.5. The van der Waals surface area contributed by atoms with Crippen LogP contribution in [0, 0.1) is 61.2 Å². The van der Waals surface area contributed by atoms with E-state index >= 15 is 0 Å². The number of rotatable bonds is 3. The minimum absolute atomic E-state index is 0. The Morgan fingerprint density at radius 2 is 0.909 bits per heavy atom. The van der Waals surface area contributed by atoms with Crippen LogP contribution in [-0.2, 0) is 0 Å². The molecule has 2 fully saturated rings. The Morgan fingerprint density at radius 3 is 1.36 bits per heavy atom. The van der Waals surface area contributed by atoms with Gasteiger partial charge in [-0.25, -0.2) is 0 Å². The molecule has 4 rings (SSSR count). The van der Waals surface area contributed by atoms with Crippen LogP contribution < -0.4 is 37.7 Å². The monoisotopic (exact) mass is 270 g/mol. The molecule has 4 aliphatic carbocycles. The van der Waals surface area contributed by atoms with Crippen LogP contribution in [0.5, 0.6) is 0 Å². The average Bonchev–Trinajstić information content (AvgIpc) is 3.09. The van der Waals surface area contributed by atoms with Crippen molar-refractivity contribution in [3.63, 3.8) is 0 Å². The third kappa shape index (κ3) is 3.63. The van der Waals surface area contributed by atoms with Gasteiger partial charge in [-0.3, -0.25) is 0 Å². The Bertz CT molecular complexity index is 430. The number of allylic oxidation sites excluding steroid dienone is 8. The smallest absolute Gasteiger partial charge is 0.0762 e. The fraction of sp³-hybridized carbons (Fsp3) is 0.100. The fourth-order valence-corrected chi connectivity index (χ4v) is 3.14. The normalized spacial score (nSPS) is 26.0. The molecule has 0 aromatic rings. The van der Waals surface area contributed by atoms with Gasteiger partial charge in [0, 0.05) is 23.7 Å². The van der Waals surface area contributed by atoms with E-state index in [4.69, 9.17) is 0 Å². The predicted molar refractivity (Wildman–Crippen MR) is 82.5 cm³/mol. The van der Waals surface area contributed by atoms with Gasteiger partial charge < -0.3 is 0 Å². The van der Waals surface area contributed by atoms with Crippen molar-refractivity contribution in [2.24, 2.45) is 0 Å². The van der Waals surface area contributed by atoms with Crippen LogP contribution in [0.1, 0.15) is 12.8 Å². The first-order chi connectivity index (χ1) is 9.92. The van der Waals surface area contributed by atoms with Gasteiger partial charge >= 0.3 is 37.7 Å². The Balaban J connectivity index is 0.000000882. The van der Waals surface area contributed by atoms with Gasteiger partial charge in [-0.2, -0.15) is 0 Å². The van der Waals surface area contributed by atoms with Gasteiger partial charge in [-0.05, 0) is 50.4 Å². The Labute approximate surface area is 159 Å². The van der Waals surface area contributed by atoms with E-state index in [1.807, 2.05) is 0 Å². The largest absolute Gasteiger partial charge is 1.00 e. The zero-order valence-electron chi connectivity index (χ0n) is 13.3. The molecule has 0 aromatic carbocycles. The van der Waals surface area contributed by atoms with Crippen LogP contribution >= 0.6 is 0 Å². The molecule has 2 heteroatoms. The second-order valence-electron chi connectivity index (χ2n) is 5.39. The molecular weight excluding hydrogens is 254 g/mol. The van der Waals surface area contributed by atoms with Gasteiger partial charge in [0.05, 0.1) is 0 Å². The summed E-state index contributed by atoms with van der Waals surface area (Å²) in [5.74, 6) is 8.45. The van der Waals surface area contributed by atoms with Gasteiger partial charge in [0.25, 0.3) is 0 Å². The van der Waals surface area contributed by atoms with Gasteiger partial charge in [-0.1, -0.05) is 48.6 Å². The summed E-state index contributed by atoms with van der Waals surface area (Å²) in [7, 11) is 0. The maximum absolute atomic E-state index is 2.27. The van der Waals surface area contributed by atoms with Gasteiger partial charge in [0.2, 0.25) is 0 Å². The molecule has 0 aliphatic heterocycles. The molecule has 0 heterocycles. The van der Waals surface area contributed by atoms with E-state index in [2.05, 4.69) is 74.3 Å². The molecule has 0 N–H and O–H groups in total. The van der Waals surface area contributed by atoms with Crippen LogP contribution in [0.3, 0.4) is 0 Å². The molecule has 4 aliphatic rings. The van der Waals surface area contributed by atoms with E-state index < -0.39 is 0 Å². The second kappa shape index (κ2) is 8.31. The van der Waals surface area contributed by atoms with E-state index in [-0.39, 0.29) is 37.7 Å². The Kier molecular flexibility index (Phi) is 6.99. The molecule has 0 atom stereocenters. The SMILES string of the molecule is [CH]1[CH][C](CC[C]2[CH][CH][C]3C=CC=C[C]32)[C]2C=CC=C[C]12.[Li+].[Li+]. The summed E-state index contributed by atoms with van der Waals surface area (Å²) in [6, 6.07) is 0. The van der Waals surface area contributed by atoms with Crippen molar-refractivity contribution in [1.82, 2.24) is 0 Å². The molecule has 2 saturated carbocycles. The maximum atomic E-state index is 2.27. The number of hydrogen-bond acceptors (Lipinski definition) is 0. The summed E-state index contributed by atoms with van der Waals surface area (Å²) >= 11 is 0. The Hall–Kier alpha value is 0.155. The van der Waals surface area contributed by atoms with Crippen LogP contribution in [0.15, 0.2) is 48.6 Å². The van der Waals surface area contributed by atoms with E-state index in [9.17, 15) is 0 Å². The maximum Gasteiger partial charge on any atom is 1.00 e. The first-order valence-electron chi connectivity index (χ1n) is 7.18. The van der Waals surface area contributed by atoms with Crippen LogP contribution in [0.2, 0.25) is 0 Å². The van der Waals surface area contributed by atoms with E-state index in [0.29, 0.717) is 0 Å². The van der Waals surface area contributed by atoms with Crippen LogP contribution in [0.4, 0.5) is 0 Å². The molecule has 0 aromatic heterocycles. The first-order valence-corrected chi connectivity index (χ1v) is 7.18. The second-order valence-corrected chi connectivity index (χ2v) is 5.39. The van der Waals surface area contributed by atoms with Crippen molar-refractivity contribution in [2.75, 3.05) is 0 Å². The van der Waals surface area contributed by atoms with Gasteiger partial charge in [-0.15, -0.1) is 0 Å². The minimum atomic E-state index is 0. The fourth-order valence-electron chi connectivity index (χ4n) is 3.14. The van der Waals surface area contributed by atoms with Gasteiger partial charge in [0.15, 0.2) is 0 Å². The van der Waals surface area contributed by atoms with Crippen molar-refractivity contribution >= 4 is 0 Å². The summed E-state index contributed by atoms with van der Waals surface area (Å²) < 4.78 is 0. The van der Waals surface area contributed by atoms with Crippen molar-refractivity contribution in [1.29, 1.82) is 0 Å². The molecule has 0 spiro atoms.